The van der Waals surface area contributed by atoms with E-state index in [2.05, 4.69) is 4.90 Å². The van der Waals surface area contributed by atoms with Crippen molar-refractivity contribution in [1.29, 1.82) is 0 Å². The molecule has 2 N–H and O–H groups in total. The van der Waals surface area contributed by atoms with Gasteiger partial charge in [0.1, 0.15) is 0 Å². The highest BCUT2D eigenvalue weighted by atomic mass is 16.3. The van der Waals surface area contributed by atoms with E-state index in [1.165, 1.54) is 0 Å². The number of β-amino-alcohol motifs (C(OH)–C–C–N with tert-alkyl or cyclic N) is 1. The quantitative estimate of drug-likeness (QED) is 0.761. The van der Waals surface area contributed by atoms with Crippen LogP contribution >= 0.6 is 0 Å². The SMILES string of the molecule is OCC1CN(CC(O)c2ccccc2)C1. The summed E-state index contributed by atoms with van der Waals surface area (Å²) in [6.07, 6.45) is -0.411. The molecule has 2 rings (SSSR count). The molecule has 0 saturated carbocycles. The topological polar surface area (TPSA) is 43.7 Å². The first-order valence-electron chi connectivity index (χ1n) is 5.36. The second-order valence-electron chi connectivity index (χ2n) is 4.19. The van der Waals surface area contributed by atoms with Crippen LogP contribution in [0.25, 0.3) is 0 Å². The molecule has 1 aliphatic rings. The third-order valence-electron chi connectivity index (χ3n) is 2.91. The lowest BCUT2D eigenvalue weighted by Crippen LogP contribution is -2.49. The molecule has 0 aromatic heterocycles. The van der Waals surface area contributed by atoms with E-state index in [-0.39, 0.29) is 6.61 Å². The van der Waals surface area contributed by atoms with Crippen LogP contribution in [0.2, 0.25) is 0 Å². The fourth-order valence-corrected chi connectivity index (χ4v) is 1.97. The molecule has 0 amide bonds. The Kier molecular flexibility index (Phi) is 3.36. The highest BCUT2D eigenvalue weighted by molar-refractivity contribution is 5.17. The summed E-state index contributed by atoms with van der Waals surface area (Å²) in [5, 5.41) is 18.8. The van der Waals surface area contributed by atoms with Crippen LogP contribution in [-0.2, 0) is 0 Å². The van der Waals surface area contributed by atoms with Gasteiger partial charge < -0.3 is 10.2 Å². The van der Waals surface area contributed by atoms with E-state index < -0.39 is 6.10 Å². The standard InChI is InChI=1S/C12H17NO2/c14-9-10-6-13(7-10)8-12(15)11-4-2-1-3-5-11/h1-5,10,12,14-15H,6-9H2. The van der Waals surface area contributed by atoms with Crippen LogP contribution in [0.4, 0.5) is 0 Å². The number of aliphatic hydroxyl groups is 2. The van der Waals surface area contributed by atoms with Crippen molar-refractivity contribution in [2.75, 3.05) is 26.2 Å². The van der Waals surface area contributed by atoms with Gasteiger partial charge in [-0.2, -0.15) is 0 Å². The van der Waals surface area contributed by atoms with Gasteiger partial charge in [0.2, 0.25) is 0 Å². The minimum atomic E-state index is -0.411. The predicted octanol–water partition coefficient (Wildman–Crippen LogP) is 0.644. The van der Waals surface area contributed by atoms with Gasteiger partial charge in [-0.25, -0.2) is 0 Å². The maximum Gasteiger partial charge on any atom is 0.0916 e. The summed E-state index contributed by atoms with van der Waals surface area (Å²) in [5.74, 6) is 0.410. The molecular formula is C12H17NO2. The molecule has 1 unspecified atom stereocenters. The largest absolute Gasteiger partial charge is 0.396 e. The molecule has 1 fully saturated rings. The molecule has 0 radical (unpaired) electrons. The Labute approximate surface area is 90.0 Å². The number of aliphatic hydroxyl groups excluding tert-OH is 2. The minimum absolute atomic E-state index is 0.262. The van der Waals surface area contributed by atoms with Gasteiger partial charge >= 0.3 is 0 Å². The van der Waals surface area contributed by atoms with Crippen molar-refractivity contribution >= 4 is 0 Å². The lowest BCUT2D eigenvalue weighted by atomic mass is 9.99. The van der Waals surface area contributed by atoms with Crippen LogP contribution in [0.5, 0.6) is 0 Å². The smallest absolute Gasteiger partial charge is 0.0916 e. The zero-order valence-corrected chi connectivity index (χ0v) is 8.71. The van der Waals surface area contributed by atoms with Crippen LogP contribution in [0.15, 0.2) is 30.3 Å². The first kappa shape index (κ1) is 10.6. The average molecular weight is 207 g/mol. The van der Waals surface area contributed by atoms with E-state index in [4.69, 9.17) is 5.11 Å². The van der Waals surface area contributed by atoms with Crippen LogP contribution in [-0.4, -0.2) is 41.4 Å². The van der Waals surface area contributed by atoms with Gasteiger partial charge in [0.05, 0.1) is 6.10 Å². The Morgan fingerprint density at radius 2 is 1.93 bits per heavy atom. The van der Waals surface area contributed by atoms with Gasteiger partial charge in [-0.1, -0.05) is 30.3 Å². The molecule has 3 nitrogen and oxygen atoms in total. The van der Waals surface area contributed by atoms with Gasteiger partial charge in [0, 0.05) is 32.2 Å². The average Bonchev–Trinajstić information content (AvgIpc) is 2.23. The summed E-state index contributed by atoms with van der Waals surface area (Å²) in [7, 11) is 0. The summed E-state index contributed by atoms with van der Waals surface area (Å²) < 4.78 is 0. The molecule has 1 atom stereocenters. The molecule has 15 heavy (non-hydrogen) atoms. The fourth-order valence-electron chi connectivity index (χ4n) is 1.97. The normalized spacial score (nSPS) is 19.9. The Morgan fingerprint density at radius 3 is 2.53 bits per heavy atom. The first-order valence-corrected chi connectivity index (χ1v) is 5.36. The zero-order valence-electron chi connectivity index (χ0n) is 8.71. The lowest BCUT2D eigenvalue weighted by Gasteiger charge is -2.39. The number of nitrogens with zero attached hydrogens (tertiary/aromatic N) is 1. The number of benzene rings is 1. The number of hydrogen-bond donors (Lipinski definition) is 2. The molecule has 3 heteroatoms. The van der Waals surface area contributed by atoms with E-state index in [1.54, 1.807) is 0 Å². The van der Waals surface area contributed by atoms with Crippen molar-refractivity contribution in [2.24, 2.45) is 5.92 Å². The molecule has 82 valence electrons. The van der Waals surface area contributed by atoms with Gasteiger partial charge in [-0.15, -0.1) is 0 Å². The van der Waals surface area contributed by atoms with Crippen LogP contribution in [0.3, 0.4) is 0 Å². The van der Waals surface area contributed by atoms with E-state index in [1.807, 2.05) is 30.3 Å². The van der Waals surface area contributed by atoms with Gasteiger partial charge in [-0.3, -0.25) is 4.90 Å². The fraction of sp³-hybridized carbons (Fsp3) is 0.500. The zero-order chi connectivity index (χ0) is 10.7. The second kappa shape index (κ2) is 4.75. The van der Waals surface area contributed by atoms with Gasteiger partial charge in [-0.05, 0) is 5.56 Å². The molecule has 1 aromatic carbocycles. The Hall–Kier alpha value is -0.900. The summed E-state index contributed by atoms with van der Waals surface area (Å²) in [6.45, 7) is 2.74. The van der Waals surface area contributed by atoms with E-state index >= 15 is 0 Å². The van der Waals surface area contributed by atoms with E-state index in [9.17, 15) is 5.11 Å². The molecule has 0 spiro atoms. The number of hydrogen-bond acceptors (Lipinski definition) is 3. The molecule has 1 aromatic rings. The Bertz CT molecular complexity index is 296. The van der Waals surface area contributed by atoms with Crippen molar-refractivity contribution in [2.45, 2.75) is 6.10 Å². The Balaban J connectivity index is 1.81. The van der Waals surface area contributed by atoms with Crippen molar-refractivity contribution in [3.05, 3.63) is 35.9 Å². The molecule has 1 heterocycles. The molecule has 0 aliphatic carbocycles. The third-order valence-corrected chi connectivity index (χ3v) is 2.91. The number of rotatable bonds is 4. The lowest BCUT2D eigenvalue weighted by molar-refractivity contribution is 0.0154. The maximum absolute atomic E-state index is 9.91. The monoisotopic (exact) mass is 207 g/mol. The van der Waals surface area contributed by atoms with Gasteiger partial charge in [0.25, 0.3) is 0 Å². The summed E-state index contributed by atoms with van der Waals surface area (Å²) in [4.78, 5) is 2.17. The second-order valence-corrected chi connectivity index (χ2v) is 4.19. The van der Waals surface area contributed by atoms with Crippen LogP contribution in [0.1, 0.15) is 11.7 Å². The van der Waals surface area contributed by atoms with E-state index in [0.29, 0.717) is 12.5 Å². The summed E-state index contributed by atoms with van der Waals surface area (Å²) in [5.41, 5.74) is 0.963. The molecule has 0 bridgehead atoms. The van der Waals surface area contributed by atoms with Gasteiger partial charge in [0.15, 0.2) is 0 Å². The van der Waals surface area contributed by atoms with Crippen molar-refractivity contribution in [3.63, 3.8) is 0 Å². The molecule has 1 saturated heterocycles. The highest BCUT2D eigenvalue weighted by Gasteiger charge is 2.27. The summed E-state index contributed by atoms with van der Waals surface area (Å²) >= 11 is 0. The number of likely N-dealkylation sites (tertiary alicyclic amines) is 1. The van der Waals surface area contributed by atoms with E-state index in [0.717, 1.165) is 18.7 Å². The molecular weight excluding hydrogens is 190 g/mol. The van der Waals surface area contributed by atoms with Crippen LogP contribution in [0, 0.1) is 5.92 Å². The predicted molar refractivity (Wildman–Crippen MR) is 58.4 cm³/mol. The third kappa shape index (κ3) is 2.56. The molecule has 1 aliphatic heterocycles. The van der Waals surface area contributed by atoms with Crippen molar-refractivity contribution in [1.82, 2.24) is 4.90 Å². The van der Waals surface area contributed by atoms with Crippen LogP contribution < -0.4 is 0 Å². The first-order chi connectivity index (χ1) is 7.29. The summed E-state index contributed by atoms with van der Waals surface area (Å²) in [6, 6.07) is 9.69. The maximum atomic E-state index is 9.91. The Morgan fingerprint density at radius 1 is 1.27 bits per heavy atom. The minimum Gasteiger partial charge on any atom is -0.396 e. The van der Waals surface area contributed by atoms with Crippen molar-refractivity contribution < 1.29 is 10.2 Å². The highest BCUT2D eigenvalue weighted by Crippen LogP contribution is 2.20. The van der Waals surface area contributed by atoms with Crippen molar-refractivity contribution in [3.8, 4) is 0 Å².